The van der Waals surface area contributed by atoms with Gasteiger partial charge in [-0.2, -0.15) is 0 Å². The predicted molar refractivity (Wildman–Crippen MR) is 107 cm³/mol. The molecule has 0 aliphatic carbocycles. The van der Waals surface area contributed by atoms with E-state index in [-0.39, 0.29) is 12.5 Å². The highest BCUT2D eigenvalue weighted by Gasteiger charge is 2.35. The van der Waals surface area contributed by atoms with E-state index in [1.54, 1.807) is 31.2 Å². The maximum Gasteiger partial charge on any atom is 0.410 e. The molecule has 0 spiro atoms. The lowest BCUT2D eigenvalue weighted by molar-refractivity contribution is -0.120. The van der Waals surface area contributed by atoms with E-state index in [0.29, 0.717) is 30.8 Å². The molecule has 0 saturated carbocycles. The van der Waals surface area contributed by atoms with Crippen LogP contribution in [0.1, 0.15) is 35.7 Å². The van der Waals surface area contributed by atoms with Crippen molar-refractivity contribution in [3.63, 3.8) is 0 Å². The van der Waals surface area contributed by atoms with Gasteiger partial charge in [0.05, 0.1) is 12.2 Å². The zero-order chi connectivity index (χ0) is 20.6. The third-order valence-electron chi connectivity index (χ3n) is 4.66. The maximum atomic E-state index is 12.7. The van der Waals surface area contributed by atoms with Gasteiger partial charge in [0.15, 0.2) is 0 Å². The standard InChI is InChI=1S/C22H24N2O5/c1-2-28-21(26)17-10-12-18(13-11-17)23-20(25)19-9-6-14-24(19)22(27)29-15-16-7-4-3-5-8-16/h3-5,7-8,10-13,19H,2,6,9,14-15H2,1H3,(H,23,25). The fraction of sp³-hybridized carbons (Fsp3) is 0.318. The van der Waals surface area contributed by atoms with E-state index in [0.717, 1.165) is 12.0 Å². The highest BCUT2D eigenvalue weighted by molar-refractivity contribution is 5.97. The van der Waals surface area contributed by atoms with Crippen LogP contribution >= 0.6 is 0 Å². The Morgan fingerprint density at radius 3 is 2.45 bits per heavy atom. The van der Waals surface area contributed by atoms with Crippen molar-refractivity contribution in [2.24, 2.45) is 0 Å². The van der Waals surface area contributed by atoms with Crippen LogP contribution in [0.5, 0.6) is 0 Å². The molecule has 7 nitrogen and oxygen atoms in total. The molecule has 29 heavy (non-hydrogen) atoms. The summed E-state index contributed by atoms with van der Waals surface area (Å²) >= 11 is 0. The number of carbonyl (C=O) groups excluding carboxylic acids is 3. The first-order valence-electron chi connectivity index (χ1n) is 9.64. The van der Waals surface area contributed by atoms with Crippen LogP contribution in [0.15, 0.2) is 54.6 Å². The lowest BCUT2D eigenvalue weighted by atomic mass is 10.2. The Labute approximate surface area is 169 Å². The average molecular weight is 396 g/mol. The third-order valence-corrected chi connectivity index (χ3v) is 4.66. The van der Waals surface area contributed by atoms with Crippen molar-refractivity contribution in [2.45, 2.75) is 32.4 Å². The van der Waals surface area contributed by atoms with Crippen molar-refractivity contribution < 1.29 is 23.9 Å². The number of anilines is 1. The summed E-state index contributed by atoms with van der Waals surface area (Å²) < 4.78 is 10.3. The van der Waals surface area contributed by atoms with Gasteiger partial charge in [0.1, 0.15) is 12.6 Å². The summed E-state index contributed by atoms with van der Waals surface area (Å²) in [6.07, 6.45) is 0.817. The van der Waals surface area contributed by atoms with E-state index >= 15 is 0 Å². The maximum absolute atomic E-state index is 12.7. The average Bonchev–Trinajstić information content (AvgIpc) is 3.24. The zero-order valence-corrected chi connectivity index (χ0v) is 16.3. The number of nitrogens with one attached hydrogen (secondary N) is 1. The van der Waals surface area contributed by atoms with Crippen molar-refractivity contribution in [1.29, 1.82) is 0 Å². The van der Waals surface area contributed by atoms with Gasteiger partial charge in [-0.25, -0.2) is 9.59 Å². The molecule has 1 heterocycles. The molecule has 1 aliphatic rings. The summed E-state index contributed by atoms with van der Waals surface area (Å²) in [6, 6.07) is 15.3. The van der Waals surface area contributed by atoms with Crippen molar-refractivity contribution in [1.82, 2.24) is 4.90 Å². The Hall–Kier alpha value is -3.35. The Kier molecular flexibility index (Phi) is 6.84. The molecule has 1 N–H and O–H groups in total. The van der Waals surface area contributed by atoms with Gasteiger partial charge < -0.3 is 14.8 Å². The monoisotopic (exact) mass is 396 g/mol. The van der Waals surface area contributed by atoms with Gasteiger partial charge in [-0.3, -0.25) is 9.69 Å². The summed E-state index contributed by atoms with van der Waals surface area (Å²) in [5.74, 6) is -0.684. The number of rotatable bonds is 6. The van der Waals surface area contributed by atoms with Crippen LogP contribution in [0, 0.1) is 0 Å². The van der Waals surface area contributed by atoms with E-state index in [1.165, 1.54) is 4.90 Å². The molecular formula is C22H24N2O5. The Bertz CT molecular complexity index is 851. The van der Waals surface area contributed by atoms with Gasteiger partial charge in [0, 0.05) is 12.2 Å². The third kappa shape index (κ3) is 5.34. The van der Waals surface area contributed by atoms with Gasteiger partial charge in [-0.15, -0.1) is 0 Å². The smallest absolute Gasteiger partial charge is 0.410 e. The Morgan fingerprint density at radius 2 is 1.76 bits per heavy atom. The first kappa shape index (κ1) is 20.4. The minimum Gasteiger partial charge on any atom is -0.462 e. The van der Waals surface area contributed by atoms with E-state index in [1.807, 2.05) is 30.3 Å². The number of carbonyl (C=O) groups is 3. The largest absolute Gasteiger partial charge is 0.462 e. The SMILES string of the molecule is CCOC(=O)c1ccc(NC(=O)C2CCCN2C(=O)OCc2ccccc2)cc1. The molecule has 1 unspecified atom stereocenters. The molecule has 2 aromatic rings. The summed E-state index contributed by atoms with van der Waals surface area (Å²) in [5.41, 5.74) is 1.85. The van der Waals surface area contributed by atoms with Crippen LogP contribution in [0.3, 0.4) is 0 Å². The van der Waals surface area contributed by atoms with Crippen molar-refractivity contribution in [2.75, 3.05) is 18.5 Å². The van der Waals surface area contributed by atoms with Crippen LogP contribution in [0.25, 0.3) is 0 Å². The van der Waals surface area contributed by atoms with E-state index in [2.05, 4.69) is 5.32 Å². The van der Waals surface area contributed by atoms with Crippen molar-refractivity contribution in [3.8, 4) is 0 Å². The van der Waals surface area contributed by atoms with E-state index in [4.69, 9.17) is 9.47 Å². The number of amides is 2. The Morgan fingerprint density at radius 1 is 1.03 bits per heavy atom. The van der Waals surface area contributed by atoms with Gasteiger partial charge in [0.25, 0.3) is 0 Å². The summed E-state index contributed by atoms with van der Waals surface area (Å²) in [4.78, 5) is 38.3. The minimum absolute atomic E-state index is 0.167. The lowest BCUT2D eigenvalue weighted by Crippen LogP contribution is -2.43. The summed E-state index contributed by atoms with van der Waals surface area (Å²) in [5, 5.41) is 2.80. The van der Waals surface area contributed by atoms with Gasteiger partial charge in [0.2, 0.25) is 5.91 Å². The quantitative estimate of drug-likeness (QED) is 0.754. The molecule has 152 valence electrons. The molecule has 0 bridgehead atoms. The highest BCUT2D eigenvalue weighted by atomic mass is 16.6. The second-order valence-corrected chi connectivity index (χ2v) is 6.68. The molecule has 3 rings (SSSR count). The number of ether oxygens (including phenoxy) is 2. The number of benzene rings is 2. The molecule has 0 radical (unpaired) electrons. The second kappa shape index (κ2) is 9.73. The molecule has 7 heteroatoms. The summed E-state index contributed by atoms with van der Waals surface area (Å²) in [6.45, 7) is 2.69. The van der Waals surface area contributed by atoms with Gasteiger partial charge in [-0.05, 0) is 49.6 Å². The molecule has 1 aliphatic heterocycles. The number of likely N-dealkylation sites (tertiary alicyclic amines) is 1. The number of nitrogens with zero attached hydrogens (tertiary/aromatic N) is 1. The van der Waals surface area contributed by atoms with Crippen LogP contribution in [0.2, 0.25) is 0 Å². The van der Waals surface area contributed by atoms with Gasteiger partial charge >= 0.3 is 12.1 Å². The Balaban J connectivity index is 1.56. The molecule has 2 aromatic carbocycles. The topological polar surface area (TPSA) is 84.9 Å². The predicted octanol–water partition coefficient (Wildman–Crippen LogP) is 3.60. The highest BCUT2D eigenvalue weighted by Crippen LogP contribution is 2.21. The van der Waals surface area contributed by atoms with Gasteiger partial charge in [-0.1, -0.05) is 30.3 Å². The van der Waals surface area contributed by atoms with Crippen molar-refractivity contribution in [3.05, 3.63) is 65.7 Å². The lowest BCUT2D eigenvalue weighted by Gasteiger charge is -2.23. The molecular weight excluding hydrogens is 372 g/mol. The molecule has 2 amide bonds. The molecule has 0 aromatic heterocycles. The number of hydrogen-bond donors (Lipinski definition) is 1. The van der Waals surface area contributed by atoms with Crippen LogP contribution < -0.4 is 5.32 Å². The molecule has 1 fully saturated rings. The number of hydrogen-bond acceptors (Lipinski definition) is 5. The first-order chi connectivity index (χ1) is 14.1. The summed E-state index contributed by atoms with van der Waals surface area (Å²) in [7, 11) is 0. The first-order valence-corrected chi connectivity index (χ1v) is 9.64. The number of esters is 1. The molecule has 1 saturated heterocycles. The van der Waals surface area contributed by atoms with Crippen molar-refractivity contribution >= 4 is 23.7 Å². The molecule has 1 atom stereocenters. The minimum atomic E-state index is -0.581. The van der Waals surface area contributed by atoms with E-state index in [9.17, 15) is 14.4 Å². The fourth-order valence-corrected chi connectivity index (χ4v) is 3.19. The second-order valence-electron chi connectivity index (χ2n) is 6.68. The van der Waals surface area contributed by atoms with Crippen LogP contribution in [-0.2, 0) is 20.9 Å². The van der Waals surface area contributed by atoms with Crippen LogP contribution in [0.4, 0.5) is 10.5 Å². The fourth-order valence-electron chi connectivity index (χ4n) is 3.19. The normalized spacial score (nSPS) is 15.6. The van der Waals surface area contributed by atoms with Crippen LogP contribution in [-0.4, -0.2) is 42.1 Å². The van der Waals surface area contributed by atoms with E-state index < -0.39 is 18.1 Å². The zero-order valence-electron chi connectivity index (χ0n) is 16.3.